The Bertz CT molecular complexity index is 770. The lowest BCUT2D eigenvalue weighted by molar-refractivity contribution is -0.936. The van der Waals surface area contributed by atoms with Crippen LogP contribution in [-0.4, -0.2) is 53.1 Å². The average Bonchev–Trinajstić information content (AvgIpc) is 3.36. The van der Waals surface area contributed by atoms with Crippen molar-refractivity contribution in [2.24, 2.45) is 0 Å². The van der Waals surface area contributed by atoms with Crippen LogP contribution < -0.4 is 10.2 Å². The monoisotopic (exact) mass is 357 g/mol. The highest BCUT2D eigenvalue weighted by Gasteiger charge is 2.27. The Morgan fingerprint density at radius 2 is 2.00 bits per heavy atom. The molecule has 4 rings (SSSR count). The van der Waals surface area contributed by atoms with Gasteiger partial charge in [-0.1, -0.05) is 29.4 Å². The zero-order valence-corrected chi connectivity index (χ0v) is 14.7. The van der Waals surface area contributed by atoms with E-state index in [0.717, 1.165) is 38.5 Å². The van der Waals surface area contributed by atoms with Crippen LogP contribution in [0.25, 0.3) is 5.69 Å². The first kappa shape index (κ1) is 16.2. The maximum atomic E-state index is 5.52. The summed E-state index contributed by atoms with van der Waals surface area (Å²) in [5.41, 5.74) is 0.946. The van der Waals surface area contributed by atoms with Crippen LogP contribution in [0.1, 0.15) is 10.9 Å². The van der Waals surface area contributed by atoms with Crippen molar-refractivity contribution >= 4 is 17.3 Å². The molecule has 2 aromatic heterocycles. The predicted octanol–water partition coefficient (Wildman–Crippen LogP) is 0.792. The van der Waals surface area contributed by atoms with Crippen LogP contribution in [0.15, 0.2) is 47.8 Å². The molecule has 1 aliphatic rings. The minimum Gasteiger partial charge on any atom is -0.370 e. The molecule has 130 valence electrons. The molecule has 0 bridgehead atoms. The van der Waals surface area contributed by atoms with E-state index in [1.807, 2.05) is 30.3 Å². The maximum absolute atomic E-state index is 5.52. The molecule has 1 aromatic carbocycles. The summed E-state index contributed by atoms with van der Waals surface area (Å²) in [6, 6.07) is 14.6. The maximum Gasteiger partial charge on any atom is 0.247 e. The van der Waals surface area contributed by atoms with Gasteiger partial charge in [-0.15, -0.1) is 11.3 Å². The van der Waals surface area contributed by atoms with E-state index in [1.165, 1.54) is 4.88 Å². The van der Waals surface area contributed by atoms with Gasteiger partial charge in [-0.3, -0.25) is 0 Å². The van der Waals surface area contributed by atoms with Gasteiger partial charge < -0.3 is 15.0 Å². The van der Waals surface area contributed by atoms with Gasteiger partial charge in [0.2, 0.25) is 5.95 Å². The average molecular weight is 357 g/mol. The molecule has 1 saturated heterocycles. The quantitative estimate of drug-likeness (QED) is 0.683. The van der Waals surface area contributed by atoms with Crippen LogP contribution in [0.5, 0.6) is 0 Å². The van der Waals surface area contributed by atoms with E-state index in [1.54, 1.807) is 20.9 Å². The molecule has 25 heavy (non-hydrogen) atoms. The highest BCUT2D eigenvalue weighted by Crippen LogP contribution is 2.18. The van der Waals surface area contributed by atoms with E-state index in [9.17, 15) is 0 Å². The molecule has 7 nitrogen and oxygen atoms in total. The van der Waals surface area contributed by atoms with Crippen molar-refractivity contribution in [3.63, 3.8) is 0 Å². The number of para-hydroxylation sites is 1. The number of tetrazole rings is 1. The summed E-state index contributed by atoms with van der Waals surface area (Å²) in [5, 5.41) is 17.7. The Morgan fingerprint density at radius 3 is 2.76 bits per heavy atom. The largest absolute Gasteiger partial charge is 0.370 e. The normalized spacial score (nSPS) is 16.6. The third-order valence-electron chi connectivity index (χ3n) is 4.45. The van der Waals surface area contributed by atoms with Gasteiger partial charge in [-0.25, -0.2) is 0 Å². The van der Waals surface area contributed by atoms with E-state index in [0.29, 0.717) is 12.0 Å². The van der Waals surface area contributed by atoms with Crippen molar-refractivity contribution in [2.75, 3.05) is 38.2 Å². The summed E-state index contributed by atoms with van der Waals surface area (Å²) in [5.74, 6) is 0.667. The number of aromatic nitrogens is 4. The number of benzene rings is 1. The van der Waals surface area contributed by atoms with E-state index < -0.39 is 0 Å². The van der Waals surface area contributed by atoms with Crippen LogP contribution in [0, 0.1) is 0 Å². The number of quaternary nitrogens is 1. The molecule has 0 saturated carbocycles. The Balaban J connectivity index is 1.51. The van der Waals surface area contributed by atoms with Crippen LogP contribution in [0.4, 0.5) is 5.95 Å². The van der Waals surface area contributed by atoms with Gasteiger partial charge in [0.25, 0.3) is 0 Å². The second-order valence-corrected chi connectivity index (χ2v) is 6.95. The molecule has 8 heteroatoms. The van der Waals surface area contributed by atoms with Crippen LogP contribution in [0.3, 0.4) is 0 Å². The molecule has 1 aliphatic heterocycles. The third kappa shape index (κ3) is 3.71. The number of hydrogen-bond acceptors (Lipinski definition) is 6. The summed E-state index contributed by atoms with van der Waals surface area (Å²) in [6.07, 6.45) is 0. The fourth-order valence-corrected chi connectivity index (χ4v) is 4.04. The van der Waals surface area contributed by atoms with Gasteiger partial charge in [0.1, 0.15) is 19.1 Å². The number of nitrogens with one attached hydrogen (secondary N) is 2. The summed E-state index contributed by atoms with van der Waals surface area (Å²) >= 11 is 1.80. The van der Waals surface area contributed by atoms with Crippen molar-refractivity contribution < 1.29 is 9.64 Å². The fraction of sp³-hybridized carbons (Fsp3) is 0.353. The summed E-state index contributed by atoms with van der Waals surface area (Å²) in [6.45, 7) is 4.46. The Labute approximate surface area is 150 Å². The third-order valence-corrected chi connectivity index (χ3v) is 5.44. The van der Waals surface area contributed by atoms with E-state index in [4.69, 9.17) is 4.74 Å². The number of anilines is 1. The highest BCUT2D eigenvalue weighted by atomic mass is 32.1. The van der Waals surface area contributed by atoms with E-state index in [-0.39, 0.29) is 0 Å². The van der Waals surface area contributed by atoms with Crippen molar-refractivity contribution in [1.82, 2.24) is 20.2 Å². The first-order chi connectivity index (χ1) is 12.4. The lowest BCUT2D eigenvalue weighted by atomic mass is 10.2. The first-order valence-corrected chi connectivity index (χ1v) is 9.33. The fourth-order valence-electron chi connectivity index (χ4n) is 3.15. The first-order valence-electron chi connectivity index (χ1n) is 8.45. The molecule has 0 amide bonds. The van der Waals surface area contributed by atoms with Crippen molar-refractivity contribution in [3.8, 4) is 5.69 Å². The topological polar surface area (TPSA) is 69.3 Å². The van der Waals surface area contributed by atoms with Gasteiger partial charge in [-0.05, 0) is 34.0 Å². The standard InChI is InChI=1S/C17H20N6OS/c1-2-5-14(6-3-1)23-17(19-20-21-23)18-13-15(16-7-4-12-25-16)22-8-10-24-11-9-22/h1-7,12,15H,8-11,13H2,(H,18,19,21)/p+1/t15-/m0/s1. The van der Waals surface area contributed by atoms with Crippen LogP contribution in [0.2, 0.25) is 0 Å². The lowest BCUT2D eigenvalue weighted by Crippen LogP contribution is -3.14. The lowest BCUT2D eigenvalue weighted by Gasteiger charge is -2.31. The summed E-state index contributed by atoms with van der Waals surface area (Å²) < 4.78 is 7.26. The van der Waals surface area contributed by atoms with Crippen molar-refractivity contribution in [2.45, 2.75) is 6.04 Å². The van der Waals surface area contributed by atoms with Gasteiger partial charge >= 0.3 is 0 Å². The molecule has 1 atom stereocenters. The number of nitrogens with zero attached hydrogens (tertiary/aromatic N) is 4. The molecular formula is C17H21N6OS+. The van der Waals surface area contributed by atoms with Crippen molar-refractivity contribution in [1.29, 1.82) is 0 Å². The zero-order valence-electron chi connectivity index (χ0n) is 13.8. The number of ether oxygens (including phenoxy) is 1. The predicted molar refractivity (Wildman–Crippen MR) is 96.2 cm³/mol. The molecular weight excluding hydrogens is 336 g/mol. The van der Waals surface area contributed by atoms with Gasteiger partial charge in [0.15, 0.2) is 0 Å². The van der Waals surface area contributed by atoms with Crippen LogP contribution in [-0.2, 0) is 4.74 Å². The van der Waals surface area contributed by atoms with E-state index >= 15 is 0 Å². The molecule has 0 spiro atoms. The second kappa shape index (κ2) is 7.73. The molecule has 1 fully saturated rings. The van der Waals surface area contributed by atoms with Crippen LogP contribution >= 0.6 is 11.3 Å². The number of hydrogen-bond donors (Lipinski definition) is 2. The molecule has 3 heterocycles. The number of rotatable bonds is 6. The van der Waals surface area contributed by atoms with Gasteiger partial charge in [-0.2, -0.15) is 4.68 Å². The minimum atomic E-state index is 0.366. The van der Waals surface area contributed by atoms with Gasteiger partial charge in [0, 0.05) is 0 Å². The molecule has 2 N–H and O–H groups in total. The molecule has 0 unspecified atom stereocenters. The number of thiophene rings is 1. The minimum absolute atomic E-state index is 0.366. The second-order valence-electron chi connectivity index (χ2n) is 5.97. The van der Waals surface area contributed by atoms with Gasteiger partial charge in [0.05, 0.1) is 30.3 Å². The Hall–Kier alpha value is -2.29. The highest BCUT2D eigenvalue weighted by molar-refractivity contribution is 7.10. The summed E-state index contributed by atoms with van der Waals surface area (Å²) in [7, 11) is 0. The SMILES string of the molecule is c1ccc(-n2nnnc2NC[C@@H](c2cccs2)[NH+]2CCOCC2)cc1. The molecule has 0 aliphatic carbocycles. The summed E-state index contributed by atoms with van der Waals surface area (Å²) in [4.78, 5) is 2.92. The van der Waals surface area contributed by atoms with Crippen molar-refractivity contribution in [3.05, 3.63) is 52.7 Å². The Morgan fingerprint density at radius 1 is 1.16 bits per heavy atom. The smallest absolute Gasteiger partial charge is 0.247 e. The zero-order chi connectivity index (χ0) is 16.9. The van der Waals surface area contributed by atoms with E-state index in [2.05, 4.69) is 38.4 Å². The Kier molecular flexibility index (Phi) is 5.01. The molecule has 3 aromatic rings. The molecule has 0 radical (unpaired) electrons. The number of morpholine rings is 1.